The molecule has 0 saturated heterocycles. The molecule has 0 saturated carbocycles. The molecule has 1 aromatic heterocycles. The Morgan fingerprint density at radius 2 is 1.91 bits per heavy atom. The molecule has 1 aliphatic rings. The molecule has 0 fully saturated rings. The molecular formula is C25H29N7. The first-order valence-corrected chi connectivity index (χ1v) is 11.1. The zero-order chi connectivity index (χ0) is 22.3. The molecule has 0 amide bonds. The van der Waals surface area contributed by atoms with E-state index in [4.69, 9.17) is 10.7 Å². The molecule has 2 aromatic carbocycles. The number of nitrogens with one attached hydrogen (secondary N) is 1. The van der Waals surface area contributed by atoms with Crippen LogP contribution in [0.5, 0.6) is 0 Å². The van der Waals surface area contributed by atoms with Gasteiger partial charge in [0.1, 0.15) is 17.5 Å². The van der Waals surface area contributed by atoms with Crippen LogP contribution in [0.4, 0.5) is 5.82 Å². The number of aryl methyl sites for hydroxylation is 1. The van der Waals surface area contributed by atoms with Gasteiger partial charge in [-0.2, -0.15) is 10.4 Å². The van der Waals surface area contributed by atoms with Gasteiger partial charge in [0.25, 0.3) is 0 Å². The molecule has 7 nitrogen and oxygen atoms in total. The number of nitriles is 1. The lowest BCUT2D eigenvalue weighted by Gasteiger charge is -2.31. The number of benzene rings is 2. The number of rotatable bonds is 6. The number of aliphatic imine (C=N–C) groups is 1. The Kier molecular flexibility index (Phi) is 6.71. The molecule has 32 heavy (non-hydrogen) atoms. The van der Waals surface area contributed by atoms with Gasteiger partial charge in [-0.05, 0) is 49.4 Å². The number of anilines is 1. The first-order chi connectivity index (χ1) is 15.7. The molecule has 3 aromatic rings. The minimum atomic E-state index is 0.387. The highest BCUT2D eigenvalue weighted by Gasteiger charge is 2.19. The molecule has 0 aliphatic carbocycles. The zero-order valence-electron chi connectivity index (χ0n) is 18.5. The van der Waals surface area contributed by atoms with E-state index in [1.54, 1.807) is 4.68 Å². The number of nitrogens with zero attached hydrogens (tertiary/aromatic N) is 5. The van der Waals surface area contributed by atoms with Crippen molar-refractivity contribution >= 4 is 11.8 Å². The van der Waals surface area contributed by atoms with Gasteiger partial charge < -0.3 is 16.0 Å². The second kappa shape index (κ2) is 10.0. The van der Waals surface area contributed by atoms with Crippen molar-refractivity contribution in [1.82, 2.24) is 20.0 Å². The van der Waals surface area contributed by atoms with E-state index in [0.29, 0.717) is 24.3 Å². The maximum absolute atomic E-state index is 9.60. The van der Waals surface area contributed by atoms with Crippen molar-refractivity contribution in [2.24, 2.45) is 4.99 Å². The largest absolute Gasteiger partial charge is 0.382 e. The molecular weight excluding hydrogens is 398 g/mol. The van der Waals surface area contributed by atoms with E-state index in [-0.39, 0.29) is 0 Å². The van der Waals surface area contributed by atoms with Crippen LogP contribution in [0.1, 0.15) is 35.7 Å². The van der Waals surface area contributed by atoms with Crippen molar-refractivity contribution in [1.29, 1.82) is 5.26 Å². The fourth-order valence-electron chi connectivity index (χ4n) is 4.07. The number of para-hydroxylation sites is 1. The van der Waals surface area contributed by atoms with Crippen LogP contribution in [0.2, 0.25) is 0 Å². The summed E-state index contributed by atoms with van der Waals surface area (Å²) < 4.78 is 1.65. The first-order valence-electron chi connectivity index (χ1n) is 11.1. The van der Waals surface area contributed by atoms with E-state index in [0.717, 1.165) is 49.8 Å². The van der Waals surface area contributed by atoms with E-state index < -0.39 is 0 Å². The van der Waals surface area contributed by atoms with Crippen molar-refractivity contribution in [3.63, 3.8) is 0 Å². The fourth-order valence-corrected chi connectivity index (χ4v) is 4.07. The quantitative estimate of drug-likeness (QED) is 0.358. The van der Waals surface area contributed by atoms with Crippen molar-refractivity contribution in [2.45, 2.75) is 32.7 Å². The lowest BCUT2D eigenvalue weighted by atomic mass is 10.0. The van der Waals surface area contributed by atoms with E-state index in [1.165, 1.54) is 11.1 Å². The highest BCUT2D eigenvalue weighted by molar-refractivity contribution is 5.80. The fraction of sp³-hybridized carbons (Fsp3) is 0.320. The van der Waals surface area contributed by atoms with Gasteiger partial charge in [-0.15, -0.1) is 0 Å². The summed E-state index contributed by atoms with van der Waals surface area (Å²) in [6.07, 6.45) is 2.47. The molecule has 0 radical (unpaired) electrons. The Balaban J connectivity index is 1.43. The second-order valence-electron chi connectivity index (χ2n) is 7.85. The second-order valence-corrected chi connectivity index (χ2v) is 7.85. The van der Waals surface area contributed by atoms with Gasteiger partial charge in [0.15, 0.2) is 5.96 Å². The summed E-state index contributed by atoms with van der Waals surface area (Å²) in [5, 5.41) is 17.6. The van der Waals surface area contributed by atoms with Gasteiger partial charge >= 0.3 is 0 Å². The SMILES string of the molecule is CCNC(=NCCCc1nn(-c2ccccc2)c(N)c1C#N)N1CCc2ccccc2C1. The highest BCUT2D eigenvalue weighted by atomic mass is 15.3. The molecule has 0 bridgehead atoms. The summed E-state index contributed by atoms with van der Waals surface area (Å²) in [5.74, 6) is 1.33. The average Bonchev–Trinajstić information content (AvgIpc) is 3.16. The van der Waals surface area contributed by atoms with Gasteiger partial charge in [-0.3, -0.25) is 4.99 Å². The van der Waals surface area contributed by atoms with E-state index in [9.17, 15) is 5.26 Å². The number of nitrogen functional groups attached to an aromatic ring is 1. The van der Waals surface area contributed by atoms with Gasteiger partial charge in [0.05, 0.1) is 11.4 Å². The van der Waals surface area contributed by atoms with E-state index >= 15 is 0 Å². The number of hydrogen-bond donors (Lipinski definition) is 2. The molecule has 7 heteroatoms. The van der Waals surface area contributed by atoms with Crippen molar-refractivity contribution in [3.05, 3.63) is 77.0 Å². The highest BCUT2D eigenvalue weighted by Crippen LogP contribution is 2.22. The molecule has 164 valence electrons. The van der Waals surface area contributed by atoms with Gasteiger partial charge in [-0.1, -0.05) is 42.5 Å². The number of hydrogen-bond acceptors (Lipinski definition) is 4. The third-order valence-corrected chi connectivity index (χ3v) is 5.70. The summed E-state index contributed by atoms with van der Waals surface area (Å²) in [6, 6.07) is 20.5. The molecule has 0 atom stereocenters. The zero-order valence-corrected chi connectivity index (χ0v) is 18.5. The maximum atomic E-state index is 9.60. The first kappa shape index (κ1) is 21.4. The predicted octanol–water partition coefficient (Wildman–Crippen LogP) is 3.28. The predicted molar refractivity (Wildman–Crippen MR) is 128 cm³/mol. The van der Waals surface area contributed by atoms with Gasteiger partial charge in [-0.25, -0.2) is 4.68 Å². The van der Waals surface area contributed by atoms with Crippen LogP contribution in [0.25, 0.3) is 5.69 Å². The Bertz CT molecular complexity index is 1120. The Morgan fingerprint density at radius 3 is 2.66 bits per heavy atom. The maximum Gasteiger partial charge on any atom is 0.194 e. The third-order valence-electron chi connectivity index (χ3n) is 5.70. The Hall–Kier alpha value is -3.79. The summed E-state index contributed by atoms with van der Waals surface area (Å²) in [6.45, 7) is 5.40. The molecule has 2 heterocycles. The minimum absolute atomic E-state index is 0.387. The van der Waals surface area contributed by atoms with E-state index in [2.05, 4.69) is 52.6 Å². The van der Waals surface area contributed by atoms with Crippen LogP contribution in [0, 0.1) is 11.3 Å². The molecule has 3 N–H and O–H groups in total. The summed E-state index contributed by atoms with van der Waals surface area (Å²) in [7, 11) is 0. The number of fused-ring (bicyclic) bond motifs is 1. The Labute approximate surface area is 189 Å². The number of aromatic nitrogens is 2. The third kappa shape index (κ3) is 4.59. The van der Waals surface area contributed by atoms with Crippen molar-refractivity contribution < 1.29 is 0 Å². The van der Waals surface area contributed by atoms with Crippen LogP contribution in [0.3, 0.4) is 0 Å². The minimum Gasteiger partial charge on any atom is -0.382 e. The van der Waals surface area contributed by atoms with Crippen molar-refractivity contribution in [3.8, 4) is 11.8 Å². The van der Waals surface area contributed by atoms with Crippen LogP contribution < -0.4 is 11.1 Å². The van der Waals surface area contributed by atoms with Gasteiger partial charge in [0.2, 0.25) is 0 Å². The standard InChI is InChI=1S/C25H29N7/c1-2-28-25(31-16-14-19-9-6-7-10-20(19)18-31)29-15-8-13-23-22(17-26)24(27)32(30-23)21-11-4-3-5-12-21/h3-7,9-12H,2,8,13-16,18,27H2,1H3,(H,28,29). The Morgan fingerprint density at radius 1 is 1.16 bits per heavy atom. The van der Waals surface area contributed by atoms with Crippen LogP contribution >= 0.6 is 0 Å². The molecule has 0 unspecified atom stereocenters. The van der Waals surface area contributed by atoms with Gasteiger partial charge in [0, 0.05) is 26.2 Å². The molecule has 4 rings (SSSR count). The summed E-state index contributed by atoms with van der Waals surface area (Å²) >= 11 is 0. The van der Waals surface area contributed by atoms with E-state index in [1.807, 2.05) is 30.3 Å². The monoisotopic (exact) mass is 427 g/mol. The summed E-state index contributed by atoms with van der Waals surface area (Å²) in [4.78, 5) is 7.16. The van der Waals surface area contributed by atoms with Crippen molar-refractivity contribution in [2.75, 3.05) is 25.4 Å². The molecule has 1 aliphatic heterocycles. The number of guanidine groups is 1. The lowest BCUT2D eigenvalue weighted by molar-refractivity contribution is 0.378. The topological polar surface area (TPSA) is 95.3 Å². The van der Waals surface area contributed by atoms with Crippen LogP contribution in [-0.4, -0.2) is 40.3 Å². The lowest BCUT2D eigenvalue weighted by Crippen LogP contribution is -2.44. The summed E-state index contributed by atoms with van der Waals surface area (Å²) in [5.41, 5.74) is 11.0. The number of nitrogens with two attached hydrogens (primary N) is 1. The van der Waals surface area contributed by atoms with Crippen LogP contribution in [-0.2, 0) is 19.4 Å². The molecule has 0 spiro atoms. The average molecular weight is 428 g/mol. The normalized spacial score (nSPS) is 13.5. The smallest absolute Gasteiger partial charge is 0.194 e. The van der Waals surface area contributed by atoms with Crippen LogP contribution in [0.15, 0.2) is 59.6 Å².